The summed E-state index contributed by atoms with van der Waals surface area (Å²) in [6.07, 6.45) is 3.86. The Kier molecular flexibility index (Phi) is 3.67. The second-order valence-corrected chi connectivity index (χ2v) is 4.18. The first-order chi connectivity index (χ1) is 8.70. The normalized spacial score (nSPS) is 10.1. The second-order valence-electron chi connectivity index (χ2n) is 4.18. The number of aromatic nitrogens is 1. The van der Waals surface area contributed by atoms with E-state index in [-0.39, 0.29) is 5.91 Å². The first kappa shape index (κ1) is 12.2. The third-order valence-corrected chi connectivity index (χ3v) is 2.86. The maximum absolute atomic E-state index is 11.5. The summed E-state index contributed by atoms with van der Waals surface area (Å²) in [6.45, 7) is 2.76. The van der Waals surface area contributed by atoms with E-state index in [1.54, 1.807) is 7.05 Å². The molecular formula is C14H17N3O. The molecule has 1 amide bonds. The molecule has 0 aliphatic rings. The molecule has 4 nitrogen and oxygen atoms in total. The van der Waals surface area contributed by atoms with Crippen molar-refractivity contribution >= 4 is 11.6 Å². The van der Waals surface area contributed by atoms with E-state index < -0.39 is 0 Å². The number of hydrogen-bond acceptors (Lipinski definition) is 2. The number of amides is 1. The molecule has 0 aliphatic carbocycles. The van der Waals surface area contributed by atoms with Gasteiger partial charge in [-0.15, -0.1) is 0 Å². The molecule has 94 valence electrons. The van der Waals surface area contributed by atoms with E-state index >= 15 is 0 Å². The van der Waals surface area contributed by atoms with Gasteiger partial charge >= 0.3 is 0 Å². The Bertz CT molecular complexity index is 532. The lowest BCUT2D eigenvalue weighted by atomic mass is 10.1. The summed E-state index contributed by atoms with van der Waals surface area (Å²) >= 11 is 0. The molecule has 1 aromatic heterocycles. The van der Waals surface area contributed by atoms with Crippen molar-refractivity contribution < 1.29 is 4.79 Å². The maximum atomic E-state index is 11.5. The van der Waals surface area contributed by atoms with Crippen LogP contribution in [0.1, 0.15) is 21.5 Å². The van der Waals surface area contributed by atoms with Crippen LogP contribution in [0.5, 0.6) is 0 Å². The summed E-state index contributed by atoms with van der Waals surface area (Å²) in [5.41, 5.74) is 3.99. The number of aromatic amines is 1. The van der Waals surface area contributed by atoms with Gasteiger partial charge in [0.25, 0.3) is 5.91 Å². The van der Waals surface area contributed by atoms with Crippen molar-refractivity contribution in [2.75, 3.05) is 12.4 Å². The van der Waals surface area contributed by atoms with Crippen molar-refractivity contribution in [3.63, 3.8) is 0 Å². The Morgan fingerprint density at radius 1 is 1.33 bits per heavy atom. The highest BCUT2D eigenvalue weighted by atomic mass is 16.1. The fraction of sp³-hybridized carbons (Fsp3) is 0.214. The molecule has 0 atom stereocenters. The molecule has 2 rings (SSSR count). The van der Waals surface area contributed by atoms with Crippen LogP contribution in [-0.4, -0.2) is 17.9 Å². The van der Waals surface area contributed by atoms with E-state index in [1.807, 2.05) is 43.6 Å². The Balaban J connectivity index is 2.08. The lowest BCUT2D eigenvalue weighted by Crippen LogP contribution is -2.17. The van der Waals surface area contributed by atoms with Crippen LogP contribution in [0.2, 0.25) is 0 Å². The lowest BCUT2D eigenvalue weighted by molar-refractivity contribution is 0.0963. The van der Waals surface area contributed by atoms with E-state index in [0.29, 0.717) is 5.56 Å². The van der Waals surface area contributed by atoms with E-state index in [2.05, 4.69) is 15.6 Å². The van der Waals surface area contributed by atoms with Crippen molar-refractivity contribution in [2.24, 2.45) is 0 Å². The molecule has 1 aromatic carbocycles. The largest absolute Gasteiger partial charge is 0.381 e. The summed E-state index contributed by atoms with van der Waals surface area (Å²) in [6, 6.07) is 7.68. The molecule has 0 spiro atoms. The van der Waals surface area contributed by atoms with E-state index in [4.69, 9.17) is 0 Å². The monoisotopic (exact) mass is 243 g/mol. The van der Waals surface area contributed by atoms with Gasteiger partial charge in [0.2, 0.25) is 0 Å². The number of aryl methyl sites for hydroxylation is 1. The minimum atomic E-state index is -0.0599. The van der Waals surface area contributed by atoms with Gasteiger partial charge in [0, 0.05) is 37.2 Å². The number of nitrogens with one attached hydrogen (secondary N) is 3. The van der Waals surface area contributed by atoms with Crippen molar-refractivity contribution in [3.05, 3.63) is 53.3 Å². The van der Waals surface area contributed by atoms with Crippen molar-refractivity contribution in [1.82, 2.24) is 10.3 Å². The average Bonchev–Trinajstić information content (AvgIpc) is 2.89. The Morgan fingerprint density at radius 2 is 2.17 bits per heavy atom. The van der Waals surface area contributed by atoms with E-state index in [0.717, 1.165) is 17.8 Å². The Labute approximate surface area is 106 Å². The number of carbonyl (C=O) groups is 1. The summed E-state index contributed by atoms with van der Waals surface area (Å²) in [4.78, 5) is 14.5. The fourth-order valence-corrected chi connectivity index (χ4v) is 1.81. The van der Waals surface area contributed by atoms with Crippen molar-refractivity contribution in [3.8, 4) is 0 Å². The topological polar surface area (TPSA) is 56.9 Å². The van der Waals surface area contributed by atoms with Gasteiger partial charge in [0.15, 0.2) is 0 Å². The molecule has 0 aliphatic heterocycles. The highest BCUT2D eigenvalue weighted by molar-refractivity contribution is 5.94. The fourth-order valence-electron chi connectivity index (χ4n) is 1.81. The summed E-state index contributed by atoms with van der Waals surface area (Å²) < 4.78 is 0. The van der Waals surface area contributed by atoms with Crippen LogP contribution < -0.4 is 10.6 Å². The third-order valence-electron chi connectivity index (χ3n) is 2.86. The van der Waals surface area contributed by atoms with Gasteiger partial charge in [-0.3, -0.25) is 4.79 Å². The number of rotatable bonds is 4. The summed E-state index contributed by atoms with van der Waals surface area (Å²) in [5, 5.41) is 5.97. The van der Waals surface area contributed by atoms with Gasteiger partial charge < -0.3 is 15.6 Å². The van der Waals surface area contributed by atoms with Crippen LogP contribution in [0, 0.1) is 6.92 Å². The second kappa shape index (κ2) is 5.40. The smallest absolute Gasteiger partial charge is 0.251 e. The number of hydrogen-bond donors (Lipinski definition) is 3. The molecule has 0 saturated heterocycles. The molecule has 0 bridgehead atoms. The van der Waals surface area contributed by atoms with Crippen molar-refractivity contribution in [1.29, 1.82) is 0 Å². The molecule has 18 heavy (non-hydrogen) atoms. The highest BCUT2D eigenvalue weighted by Crippen LogP contribution is 2.17. The standard InChI is InChI=1S/C14H17N3O/c1-10-7-12(14(18)15-2)3-4-13(10)17-9-11-5-6-16-8-11/h3-8,16-17H,9H2,1-2H3,(H,15,18). The highest BCUT2D eigenvalue weighted by Gasteiger charge is 2.05. The molecule has 4 heteroatoms. The van der Waals surface area contributed by atoms with Crippen molar-refractivity contribution in [2.45, 2.75) is 13.5 Å². The zero-order valence-corrected chi connectivity index (χ0v) is 10.6. The van der Waals surface area contributed by atoms with Gasteiger partial charge in [-0.2, -0.15) is 0 Å². The van der Waals surface area contributed by atoms with E-state index in [9.17, 15) is 4.79 Å². The number of benzene rings is 1. The molecular weight excluding hydrogens is 226 g/mol. The van der Waals surface area contributed by atoms with Crippen LogP contribution in [0.15, 0.2) is 36.7 Å². The number of H-pyrrole nitrogens is 1. The van der Waals surface area contributed by atoms with Crippen LogP contribution in [0.4, 0.5) is 5.69 Å². The molecule has 0 fully saturated rings. The predicted molar refractivity (Wildman–Crippen MR) is 72.7 cm³/mol. The molecule has 3 N–H and O–H groups in total. The zero-order valence-electron chi connectivity index (χ0n) is 10.6. The molecule has 1 heterocycles. The predicted octanol–water partition coefficient (Wildman–Crippen LogP) is 2.29. The maximum Gasteiger partial charge on any atom is 0.251 e. The molecule has 0 unspecified atom stereocenters. The third kappa shape index (κ3) is 2.71. The Hall–Kier alpha value is -2.23. The van der Waals surface area contributed by atoms with Gasteiger partial charge in [-0.25, -0.2) is 0 Å². The summed E-state index contributed by atoms with van der Waals surface area (Å²) in [7, 11) is 1.63. The average molecular weight is 243 g/mol. The summed E-state index contributed by atoms with van der Waals surface area (Å²) in [5.74, 6) is -0.0599. The lowest BCUT2D eigenvalue weighted by Gasteiger charge is -2.10. The van der Waals surface area contributed by atoms with Crippen LogP contribution >= 0.6 is 0 Å². The minimum absolute atomic E-state index is 0.0599. The van der Waals surface area contributed by atoms with E-state index in [1.165, 1.54) is 5.56 Å². The zero-order chi connectivity index (χ0) is 13.0. The van der Waals surface area contributed by atoms with Gasteiger partial charge in [-0.1, -0.05) is 0 Å². The SMILES string of the molecule is CNC(=O)c1ccc(NCc2cc[nH]c2)c(C)c1. The van der Waals surface area contributed by atoms with Crippen LogP contribution in [0.3, 0.4) is 0 Å². The minimum Gasteiger partial charge on any atom is -0.381 e. The quantitative estimate of drug-likeness (QED) is 0.771. The molecule has 0 radical (unpaired) electrons. The van der Waals surface area contributed by atoms with Gasteiger partial charge in [0.05, 0.1) is 0 Å². The van der Waals surface area contributed by atoms with Gasteiger partial charge in [-0.05, 0) is 42.3 Å². The first-order valence-electron chi connectivity index (χ1n) is 5.89. The number of carbonyl (C=O) groups excluding carboxylic acids is 1. The van der Waals surface area contributed by atoms with Crippen LogP contribution in [0.25, 0.3) is 0 Å². The Morgan fingerprint density at radius 3 is 2.78 bits per heavy atom. The number of anilines is 1. The molecule has 2 aromatic rings. The van der Waals surface area contributed by atoms with Crippen LogP contribution in [-0.2, 0) is 6.54 Å². The first-order valence-corrected chi connectivity index (χ1v) is 5.89. The molecule has 0 saturated carbocycles. The van der Waals surface area contributed by atoms with Gasteiger partial charge in [0.1, 0.15) is 0 Å².